The molecule has 1 aromatic heterocycles. The number of hydrogen-bond acceptors (Lipinski definition) is 4. The van der Waals surface area contributed by atoms with Gasteiger partial charge in [0, 0.05) is 0 Å². The van der Waals surface area contributed by atoms with Gasteiger partial charge in [0.05, 0.1) is 12.3 Å². The molecule has 0 aromatic carbocycles. The van der Waals surface area contributed by atoms with Crippen molar-refractivity contribution < 1.29 is 9.32 Å². The largest absolute Gasteiger partial charge is 0.361 e. The Morgan fingerprint density at radius 1 is 1.62 bits per heavy atom. The third kappa shape index (κ3) is 1.78. The predicted octanol–water partition coefficient (Wildman–Crippen LogP) is 1.55. The number of aryl methyl sites for hydroxylation is 1. The Hall–Kier alpha value is -1.83. The molecule has 2 rings (SSSR count). The third-order valence-corrected chi connectivity index (χ3v) is 3.02. The van der Waals surface area contributed by atoms with Crippen LogP contribution in [0.3, 0.4) is 0 Å². The second kappa shape index (κ2) is 3.97. The van der Waals surface area contributed by atoms with Crippen LogP contribution < -0.4 is 5.32 Å². The summed E-state index contributed by atoms with van der Waals surface area (Å²) in [7, 11) is 0. The van der Waals surface area contributed by atoms with E-state index in [0.29, 0.717) is 11.3 Å². The van der Waals surface area contributed by atoms with Gasteiger partial charge < -0.3 is 9.84 Å². The highest BCUT2D eigenvalue weighted by molar-refractivity contribution is 5.95. The first-order valence-electron chi connectivity index (χ1n) is 5.32. The molecule has 0 atom stereocenters. The number of hydrogen-bond donors (Lipinski definition) is 1. The standard InChI is InChI=1S/C11H13N3O2/c1-8-9(6-13-16-8)10(15)14-11(7-12)4-2-3-5-11/h6H,2-5H2,1H3,(H,14,15). The van der Waals surface area contributed by atoms with Crippen molar-refractivity contribution in [3.8, 4) is 6.07 Å². The van der Waals surface area contributed by atoms with Gasteiger partial charge in [-0.3, -0.25) is 4.79 Å². The van der Waals surface area contributed by atoms with Crippen molar-refractivity contribution in [3.63, 3.8) is 0 Å². The van der Waals surface area contributed by atoms with Gasteiger partial charge in [0.1, 0.15) is 16.9 Å². The summed E-state index contributed by atoms with van der Waals surface area (Å²) in [4.78, 5) is 11.9. The molecule has 0 aliphatic heterocycles. The van der Waals surface area contributed by atoms with Gasteiger partial charge in [0.25, 0.3) is 5.91 Å². The molecule has 1 aromatic rings. The molecule has 1 heterocycles. The number of amides is 1. The van der Waals surface area contributed by atoms with Crippen LogP contribution in [0.2, 0.25) is 0 Å². The molecule has 1 saturated carbocycles. The smallest absolute Gasteiger partial charge is 0.257 e. The maximum Gasteiger partial charge on any atom is 0.257 e. The number of nitrogens with zero attached hydrogens (tertiary/aromatic N) is 2. The first kappa shape index (κ1) is 10.7. The van der Waals surface area contributed by atoms with Crippen LogP contribution in [-0.2, 0) is 0 Å². The van der Waals surface area contributed by atoms with Crippen LogP contribution in [0.15, 0.2) is 10.7 Å². The van der Waals surface area contributed by atoms with Gasteiger partial charge >= 0.3 is 0 Å². The average Bonchev–Trinajstić information content (AvgIpc) is 2.87. The SMILES string of the molecule is Cc1oncc1C(=O)NC1(C#N)CCCC1. The van der Waals surface area contributed by atoms with Crippen LogP contribution in [0.4, 0.5) is 0 Å². The lowest BCUT2D eigenvalue weighted by molar-refractivity contribution is 0.0919. The second-order valence-electron chi connectivity index (χ2n) is 4.15. The lowest BCUT2D eigenvalue weighted by atomic mass is 9.99. The van der Waals surface area contributed by atoms with E-state index < -0.39 is 5.54 Å². The summed E-state index contributed by atoms with van der Waals surface area (Å²) < 4.78 is 4.82. The molecular formula is C11H13N3O2. The van der Waals surface area contributed by atoms with E-state index in [-0.39, 0.29) is 5.91 Å². The minimum absolute atomic E-state index is 0.276. The van der Waals surface area contributed by atoms with Crippen molar-refractivity contribution in [1.82, 2.24) is 10.5 Å². The van der Waals surface area contributed by atoms with E-state index in [0.717, 1.165) is 25.7 Å². The van der Waals surface area contributed by atoms with E-state index in [1.54, 1.807) is 6.92 Å². The third-order valence-electron chi connectivity index (χ3n) is 3.02. The highest BCUT2D eigenvalue weighted by Crippen LogP contribution is 2.29. The molecule has 1 N–H and O–H groups in total. The zero-order valence-corrected chi connectivity index (χ0v) is 9.12. The molecule has 0 bridgehead atoms. The van der Waals surface area contributed by atoms with Gasteiger partial charge in [-0.1, -0.05) is 5.16 Å². The Labute approximate surface area is 93.4 Å². The van der Waals surface area contributed by atoms with E-state index in [1.165, 1.54) is 6.20 Å². The topological polar surface area (TPSA) is 78.9 Å². The highest BCUT2D eigenvalue weighted by Gasteiger charge is 2.36. The van der Waals surface area contributed by atoms with Gasteiger partial charge in [0.15, 0.2) is 0 Å². The Morgan fingerprint density at radius 2 is 2.31 bits per heavy atom. The van der Waals surface area contributed by atoms with E-state index in [4.69, 9.17) is 9.78 Å². The van der Waals surface area contributed by atoms with Crippen LogP contribution in [0, 0.1) is 18.3 Å². The van der Waals surface area contributed by atoms with Gasteiger partial charge in [-0.25, -0.2) is 0 Å². The fourth-order valence-electron chi connectivity index (χ4n) is 2.04. The fourth-order valence-corrected chi connectivity index (χ4v) is 2.04. The molecule has 5 nitrogen and oxygen atoms in total. The van der Waals surface area contributed by atoms with Gasteiger partial charge in [0.2, 0.25) is 0 Å². The molecule has 1 fully saturated rings. The molecule has 0 saturated heterocycles. The lowest BCUT2D eigenvalue weighted by Crippen LogP contribution is -2.45. The summed E-state index contributed by atoms with van der Waals surface area (Å²) in [5.41, 5.74) is -0.289. The van der Waals surface area contributed by atoms with Crippen molar-refractivity contribution >= 4 is 5.91 Å². The molecule has 0 unspecified atom stereocenters. The summed E-state index contributed by atoms with van der Waals surface area (Å²) in [6.07, 6.45) is 4.79. The van der Waals surface area contributed by atoms with Gasteiger partial charge in [-0.2, -0.15) is 5.26 Å². The summed E-state index contributed by atoms with van der Waals surface area (Å²) in [6.45, 7) is 1.68. The summed E-state index contributed by atoms with van der Waals surface area (Å²) >= 11 is 0. The summed E-state index contributed by atoms with van der Waals surface area (Å²) in [5.74, 6) is 0.200. The average molecular weight is 219 g/mol. The molecule has 1 aliphatic rings. The Kier molecular flexibility index (Phi) is 2.65. The molecule has 1 aliphatic carbocycles. The second-order valence-corrected chi connectivity index (χ2v) is 4.15. The van der Waals surface area contributed by atoms with Crippen LogP contribution in [0.1, 0.15) is 41.8 Å². The predicted molar refractivity (Wildman–Crippen MR) is 55.5 cm³/mol. The van der Waals surface area contributed by atoms with Crippen molar-refractivity contribution in [1.29, 1.82) is 5.26 Å². The number of rotatable bonds is 2. The Bertz CT molecular complexity index is 438. The Balaban J connectivity index is 2.13. The zero-order chi connectivity index (χ0) is 11.6. The number of aromatic nitrogens is 1. The summed E-state index contributed by atoms with van der Waals surface area (Å²) in [6, 6.07) is 2.21. The van der Waals surface area contributed by atoms with Gasteiger partial charge in [-0.15, -0.1) is 0 Å². The van der Waals surface area contributed by atoms with E-state index in [1.807, 2.05) is 0 Å². The van der Waals surface area contributed by atoms with E-state index >= 15 is 0 Å². The first-order chi connectivity index (χ1) is 7.67. The maximum absolute atomic E-state index is 11.9. The monoisotopic (exact) mass is 219 g/mol. The molecular weight excluding hydrogens is 206 g/mol. The fraction of sp³-hybridized carbons (Fsp3) is 0.545. The quantitative estimate of drug-likeness (QED) is 0.818. The van der Waals surface area contributed by atoms with Crippen molar-refractivity contribution in [2.45, 2.75) is 38.1 Å². The lowest BCUT2D eigenvalue weighted by Gasteiger charge is -2.21. The van der Waals surface area contributed by atoms with Crippen LogP contribution in [0.5, 0.6) is 0 Å². The molecule has 1 amide bonds. The van der Waals surface area contributed by atoms with E-state index in [9.17, 15) is 4.79 Å². The first-order valence-corrected chi connectivity index (χ1v) is 5.32. The molecule has 0 spiro atoms. The van der Waals surface area contributed by atoms with Crippen molar-refractivity contribution in [3.05, 3.63) is 17.5 Å². The van der Waals surface area contributed by atoms with Crippen molar-refractivity contribution in [2.24, 2.45) is 0 Å². The minimum Gasteiger partial charge on any atom is -0.361 e. The molecule has 0 radical (unpaired) electrons. The number of carbonyl (C=O) groups is 1. The van der Waals surface area contributed by atoms with Crippen LogP contribution >= 0.6 is 0 Å². The number of carbonyl (C=O) groups excluding carboxylic acids is 1. The van der Waals surface area contributed by atoms with Gasteiger partial charge in [-0.05, 0) is 32.6 Å². The maximum atomic E-state index is 11.9. The van der Waals surface area contributed by atoms with Crippen molar-refractivity contribution in [2.75, 3.05) is 0 Å². The number of nitriles is 1. The van der Waals surface area contributed by atoms with Crippen LogP contribution in [-0.4, -0.2) is 16.6 Å². The molecule has 5 heteroatoms. The Morgan fingerprint density at radius 3 is 2.81 bits per heavy atom. The molecule has 84 valence electrons. The summed E-state index contributed by atoms with van der Waals surface area (Å²) in [5, 5.41) is 15.5. The highest BCUT2D eigenvalue weighted by atomic mass is 16.5. The van der Waals surface area contributed by atoms with E-state index in [2.05, 4.69) is 16.5 Å². The molecule has 16 heavy (non-hydrogen) atoms. The number of nitrogens with one attached hydrogen (secondary N) is 1. The minimum atomic E-state index is -0.694. The zero-order valence-electron chi connectivity index (χ0n) is 9.12. The van der Waals surface area contributed by atoms with Crippen LogP contribution in [0.25, 0.3) is 0 Å². The normalized spacial score (nSPS) is 18.0.